The average molecular weight is 337 g/mol. The molecular formula is C10H17BrN4O2S. The highest BCUT2D eigenvalue weighted by atomic mass is 79.9. The van der Waals surface area contributed by atoms with Crippen molar-refractivity contribution >= 4 is 26.0 Å². The van der Waals surface area contributed by atoms with E-state index in [1.165, 1.54) is 4.68 Å². The second kappa shape index (κ2) is 3.77. The van der Waals surface area contributed by atoms with Gasteiger partial charge < -0.3 is 0 Å². The summed E-state index contributed by atoms with van der Waals surface area (Å²) in [4.78, 5) is 0. The van der Waals surface area contributed by atoms with Crippen LogP contribution in [0.2, 0.25) is 0 Å². The molecule has 0 aliphatic heterocycles. The van der Waals surface area contributed by atoms with Crippen molar-refractivity contribution in [2.24, 2.45) is 17.9 Å². The molecule has 1 saturated carbocycles. The molecule has 1 aromatic rings. The standard InChI is InChI=1S/C10H17BrN4O2S/c1-9(2)8(10(9,3)4)13-18(16,17)7-6(11)12-14-15(7)5/h8,13H,1-5H3. The quantitative estimate of drug-likeness (QED) is 0.902. The Morgan fingerprint density at radius 1 is 1.28 bits per heavy atom. The fourth-order valence-corrected chi connectivity index (χ4v) is 4.93. The van der Waals surface area contributed by atoms with E-state index in [4.69, 9.17) is 0 Å². The fraction of sp³-hybridized carbons (Fsp3) is 0.800. The van der Waals surface area contributed by atoms with Crippen molar-refractivity contribution < 1.29 is 8.42 Å². The Hall–Kier alpha value is -0.470. The number of aryl methyl sites for hydroxylation is 1. The number of hydrogen-bond donors (Lipinski definition) is 1. The number of aromatic nitrogens is 3. The Kier molecular flexibility index (Phi) is 2.92. The molecule has 1 fully saturated rings. The van der Waals surface area contributed by atoms with Crippen molar-refractivity contribution in [1.82, 2.24) is 19.7 Å². The number of sulfonamides is 1. The van der Waals surface area contributed by atoms with Crippen LogP contribution in [0.25, 0.3) is 0 Å². The molecule has 18 heavy (non-hydrogen) atoms. The van der Waals surface area contributed by atoms with E-state index >= 15 is 0 Å². The van der Waals surface area contributed by atoms with Gasteiger partial charge in [-0.05, 0) is 26.8 Å². The monoisotopic (exact) mass is 336 g/mol. The van der Waals surface area contributed by atoms with E-state index in [0.29, 0.717) is 0 Å². The van der Waals surface area contributed by atoms with Gasteiger partial charge >= 0.3 is 0 Å². The normalized spacial score (nSPS) is 22.1. The van der Waals surface area contributed by atoms with Gasteiger partial charge in [-0.25, -0.2) is 17.8 Å². The summed E-state index contributed by atoms with van der Waals surface area (Å²) in [7, 11) is -2.06. The van der Waals surface area contributed by atoms with Crippen molar-refractivity contribution in [1.29, 1.82) is 0 Å². The second-order valence-corrected chi connectivity index (χ2v) is 8.19. The Morgan fingerprint density at radius 3 is 2.11 bits per heavy atom. The molecule has 1 heterocycles. The highest BCUT2D eigenvalue weighted by Gasteiger charge is 2.66. The lowest BCUT2D eigenvalue weighted by molar-refractivity contribution is 0.457. The lowest BCUT2D eigenvalue weighted by Crippen LogP contribution is -2.31. The molecule has 0 atom stereocenters. The van der Waals surface area contributed by atoms with Gasteiger partial charge in [0.1, 0.15) is 0 Å². The van der Waals surface area contributed by atoms with E-state index in [1.54, 1.807) is 7.05 Å². The van der Waals surface area contributed by atoms with Gasteiger partial charge in [0.2, 0.25) is 5.03 Å². The highest BCUT2D eigenvalue weighted by Crippen LogP contribution is 2.62. The molecule has 102 valence electrons. The molecule has 0 amide bonds. The molecule has 0 spiro atoms. The van der Waals surface area contributed by atoms with E-state index in [-0.39, 0.29) is 26.5 Å². The van der Waals surface area contributed by atoms with Gasteiger partial charge in [-0.2, -0.15) is 0 Å². The van der Waals surface area contributed by atoms with Crippen LogP contribution in [-0.2, 0) is 17.1 Å². The van der Waals surface area contributed by atoms with Crippen LogP contribution in [-0.4, -0.2) is 29.5 Å². The zero-order valence-electron chi connectivity index (χ0n) is 11.0. The third-order valence-electron chi connectivity index (χ3n) is 4.29. The summed E-state index contributed by atoms with van der Waals surface area (Å²) in [6.45, 7) is 8.21. The number of rotatable bonds is 3. The highest BCUT2D eigenvalue weighted by molar-refractivity contribution is 9.10. The summed E-state index contributed by atoms with van der Waals surface area (Å²) in [6.07, 6.45) is 0. The Bertz CT molecular complexity index is 558. The van der Waals surface area contributed by atoms with Crippen molar-refractivity contribution in [2.75, 3.05) is 0 Å². The minimum Gasteiger partial charge on any atom is -0.235 e. The molecule has 1 aliphatic carbocycles. The van der Waals surface area contributed by atoms with Gasteiger partial charge in [-0.3, -0.25) is 0 Å². The largest absolute Gasteiger partial charge is 0.260 e. The predicted molar refractivity (Wildman–Crippen MR) is 70.4 cm³/mol. The summed E-state index contributed by atoms with van der Waals surface area (Å²) >= 11 is 3.11. The third kappa shape index (κ3) is 1.81. The Labute approximate surface area is 115 Å². The van der Waals surface area contributed by atoms with Crippen molar-refractivity contribution in [3.63, 3.8) is 0 Å². The molecule has 1 aliphatic rings. The van der Waals surface area contributed by atoms with Crippen molar-refractivity contribution in [3.05, 3.63) is 4.60 Å². The maximum absolute atomic E-state index is 12.3. The number of nitrogens with one attached hydrogen (secondary N) is 1. The number of halogens is 1. The molecule has 1 aromatic heterocycles. The molecule has 0 aromatic carbocycles. The molecule has 1 N–H and O–H groups in total. The van der Waals surface area contributed by atoms with Crippen LogP contribution in [0.5, 0.6) is 0 Å². The van der Waals surface area contributed by atoms with E-state index in [1.807, 2.05) is 0 Å². The zero-order valence-corrected chi connectivity index (χ0v) is 13.4. The zero-order chi connectivity index (χ0) is 13.9. The average Bonchev–Trinajstić information content (AvgIpc) is 2.53. The molecule has 6 nitrogen and oxygen atoms in total. The summed E-state index contributed by atoms with van der Waals surface area (Å²) in [5.74, 6) is 0. The van der Waals surface area contributed by atoms with Crippen molar-refractivity contribution in [2.45, 2.75) is 38.8 Å². The third-order valence-corrected chi connectivity index (χ3v) is 6.59. The molecule has 0 bridgehead atoms. The van der Waals surface area contributed by atoms with Crippen LogP contribution in [0.15, 0.2) is 9.63 Å². The van der Waals surface area contributed by atoms with Gasteiger partial charge in [0, 0.05) is 13.1 Å². The molecule has 0 unspecified atom stereocenters. The summed E-state index contributed by atoms with van der Waals surface area (Å²) in [5.41, 5.74) is -0.114. The van der Waals surface area contributed by atoms with Crippen LogP contribution >= 0.6 is 15.9 Å². The van der Waals surface area contributed by atoms with Gasteiger partial charge in [0.25, 0.3) is 10.0 Å². The van der Waals surface area contributed by atoms with E-state index in [0.717, 1.165) is 0 Å². The number of nitrogens with zero attached hydrogens (tertiary/aromatic N) is 3. The van der Waals surface area contributed by atoms with Crippen molar-refractivity contribution in [3.8, 4) is 0 Å². The first-order valence-corrected chi connectivity index (χ1v) is 7.87. The van der Waals surface area contributed by atoms with Crippen LogP contribution in [0, 0.1) is 10.8 Å². The first-order valence-electron chi connectivity index (χ1n) is 5.59. The maximum atomic E-state index is 12.3. The van der Waals surface area contributed by atoms with Gasteiger partial charge in [-0.15, -0.1) is 5.10 Å². The van der Waals surface area contributed by atoms with Crippen LogP contribution in [0.3, 0.4) is 0 Å². The van der Waals surface area contributed by atoms with E-state index < -0.39 is 10.0 Å². The molecule has 0 saturated heterocycles. The SMILES string of the molecule is Cn1nnc(Br)c1S(=O)(=O)NC1C(C)(C)C1(C)C. The number of hydrogen-bond acceptors (Lipinski definition) is 4. The van der Waals surface area contributed by atoms with Crippen LogP contribution in [0.4, 0.5) is 0 Å². The topological polar surface area (TPSA) is 76.9 Å². The molecule has 8 heteroatoms. The Morgan fingerprint density at radius 2 is 1.78 bits per heavy atom. The minimum absolute atomic E-state index is 0.0565. The molecule has 2 rings (SSSR count). The molecular weight excluding hydrogens is 320 g/mol. The smallest absolute Gasteiger partial charge is 0.235 e. The summed E-state index contributed by atoms with van der Waals surface area (Å²) in [6, 6.07) is -0.0863. The molecule has 0 radical (unpaired) electrons. The van der Waals surface area contributed by atoms with Gasteiger partial charge in [-0.1, -0.05) is 32.9 Å². The minimum atomic E-state index is -3.62. The van der Waals surface area contributed by atoms with Gasteiger partial charge in [0.15, 0.2) is 4.60 Å². The fourth-order valence-electron chi connectivity index (χ4n) is 2.31. The lowest BCUT2D eigenvalue weighted by Gasteiger charge is -2.08. The first kappa shape index (κ1) is 14.0. The lowest BCUT2D eigenvalue weighted by atomic mass is 10.0. The van der Waals surface area contributed by atoms with Gasteiger partial charge in [0.05, 0.1) is 0 Å². The predicted octanol–water partition coefficient (Wildman–Crippen LogP) is 1.29. The second-order valence-electron chi connectivity index (χ2n) is 5.81. The van der Waals surface area contributed by atoms with Crippen LogP contribution in [0.1, 0.15) is 27.7 Å². The maximum Gasteiger partial charge on any atom is 0.260 e. The summed E-state index contributed by atoms with van der Waals surface area (Å²) < 4.78 is 28.8. The Balaban J connectivity index is 2.31. The van der Waals surface area contributed by atoms with E-state index in [2.05, 4.69) is 58.7 Å². The first-order chi connectivity index (χ1) is 8.02. The summed E-state index contributed by atoms with van der Waals surface area (Å²) in [5, 5.41) is 7.43. The van der Waals surface area contributed by atoms with Crippen LogP contribution < -0.4 is 4.72 Å². The van der Waals surface area contributed by atoms with E-state index in [9.17, 15) is 8.42 Å².